The highest BCUT2D eigenvalue weighted by Gasteiger charge is 2.19. The van der Waals surface area contributed by atoms with Crippen LogP contribution in [0.15, 0.2) is 36.4 Å². The molecule has 1 aromatic rings. The second-order valence-corrected chi connectivity index (χ2v) is 4.65. The fourth-order valence-electron chi connectivity index (χ4n) is 2.00. The summed E-state index contributed by atoms with van der Waals surface area (Å²) in [6, 6.07) is 12.0. The topological polar surface area (TPSA) is 55.1 Å². The van der Waals surface area contributed by atoms with Gasteiger partial charge in [0.15, 0.2) is 0 Å². The van der Waals surface area contributed by atoms with Crippen molar-refractivity contribution < 1.29 is 9.28 Å². The first-order valence-corrected chi connectivity index (χ1v) is 7.77. The number of hydrogen-bond donors (Lipinski definition) is 2. The van der Waals surface area contributed by atoms with Crippen LogP contribution < -0.4 is 11.1 Å². The second kappa shape index (κ2) is 15.0. The predicted octanol–water partition coefficient (Wildman–Crippen LogP) is 2.26. The van der Waals surface area contributed by atoms with Crippen molar-refractivity contribution in [1.82, 2.24) is 5.32 Å². The Kier molecular flexibility index (Phi) is 15.7. The van der Waals surface area contributed by atoms with Crippen LogP contribution in [0.4, 0.5) is 0 Å². The van der Waals surface area contributed by atoms with E-state index in [1.165, 1.54) is 7.05 Å². The number of quaternary nitrogens is 1. The van der Waals surface area contributed by atoms with E-state index in [1.807, 2.05) is 36.4 Å². The number of likely N-dealkylation sites (N-methyl/N-ethyl adjacent to an activating group) is 1. The molecular formula is C17H34N3O+. The molecule has 3 N–H and O–H groups in total. The largest absolute Gasteiger partial charge is 0.351 e. The van der Waals surface area contributed by atoms with Crippen LogP contribution in [-0.4, -0.2) is 50.2 Å². The van der Waals surface area contributed by atoms with Gasteiger partial charge in [-0.15, -0.1) is 0 Å². The molecule has 0 fully saturated rings. The summed E-state index contributed by atoms with van der Waals surface area (Å²) in [6.45, 7) is 13.5. The molecule has 0 heterocycles. The number of nitrogens with one attached hydrogen (secondary N) is 1. The van der Waals surface area contributed by atoms with Crippen LogP contribution in [-0.2, 0) is 4.79 Å². The Morgan fingerprint density at radius 3 is 1.48 bits per heavy atom. The molecule has 0 aliphatic heterocycles. The van der Waals surface area contributed by atoms with Crippen LogP contribution in [0, 0.1) is 0 Å². The van der Waals surface area contributed by atoms with E-state index in [-0.39, 0.29) is 5.91 Å². The Balaban J connectivity index is 0. The van der Waals surface area contributed by atoms with E-state index in [9.17, 15) is 4.79 Å². The molecule has 0 atom stereocenters. The Morgan fingerprint density at radius 1 is 0.905 bits per heavy atom. The van der Waals surface area contributed by atoms with E-state index < -0.39 is 0 Å². The van der Waals surface area contributed by atoms with Crippen LogP contribution >= 0.6 is 0 Å². The molecule has 0 spiro atoms. The molecule has 122 valence electrons. The summed E-state index contributed by atoms with van der Waals surface area (Å²) in [5.74, 6) is 0.0707. The highest BCUT2D eigenvalue weighted by molar-refractivity contribution is 5.72. The first kappa shape index (κ1) is 21.9. The number of carbonyl (C=O) groups is 1. The van der Waals surface area contributed by atoms with Crippen molar-refractivity contribution in [3.05, 3.63) is 36.4 Å². The van der Waals surface area contributed by atoms with Gasteiger partial charge < -0.3 is 15.5 Å². The van der Waals surface area contributed by atoms with Gasteiger partial charge in [-0.3, -0.25) is 4.79 Å². The van der Waals surface area contributed by atoms with E-state index in [0.717, 1.165) is 37.2 Å². The molecule has 4 heteroatoms. The summed E-state index contributed by atoms with van der Waals surface area (Å²) in [5.41, 5.74) is 4.50. The van der Waals surface area contributed by atoms with Crippen molar-refractivity contribution in [2.24, 2.45) is 5.73 Å². The van der Waals surface area contributed by atoms with Gasteiger partial charge in [-0.05, 0) is 27.8 Å². The highest BCUT2D eigenvalue weighted by Crippen LogP contribution is 2.03. The molecule has 0 radical (unpaired) electrons. The van der Waals surface area contributed by atoms with Gasteiger partial charge in [0.1, 0.15) is 0 Å². The number of benzene rings is 1. The fraction of sp³-hybridized carbons (Fsp3) is 0.588. The van der Waals surface area contributed by atoms with Gasteiger partial charge in [-0.2, -0.15) is 0 Å². The average Bonchev–Trinajstić information content (AvgIpc) is 2.56. The van der Waals surface area contributed by atoms with Gasteiger partial charge in [0.25, 0.3) is 0 Å². The lowest BCUT2D eigenvalue weighted by Gasteiger charge is -2.35. The molecule has 1 rings (SSSR count). The second-order valence-electron chi connectivity index (χ2n) is 4.65. The summed E-state index contributed by atoms with van der Waals surface area (Å²) in [5, 5.41) is 2.85. The average molecular weight is 296 g/mol. The summed E-state index contributed by atoms with van der Waals surface area (Å²) >= 11 is 0. The normalized spacial score (nSPS) is 9.62. The monoisotopic (exact) mass is 296 g/mol. The number of nitrogens with two attached hydrogens (primary N) is 1. The first-order chi connectivity index (χ1) is 10.1. The van der Waals surface area contributed by atoms with Gasteiger partial charge in [-0.25, -0.2) is 0 Å². The summed E-state index contributed by atoms with van der Waals surface area (Å²) in [4.78, 5) is 10.7. The van der Waals surface area contributed by atoms with Crippen molar-refractivity contribution in [3.63, 3.8) is 0 Å². The van der Waals surface area contributed by atoms with Crippen LogP contribution in [0.5, 0.6) is 0 Å². The van der Waals surface area contributed by atoms with Gasteiger partial charge >= 0.3 is 0 Å². The molecule has 0 unspecified atom stereocenters. The van der Waals surface area contributed by atoms with E-state index in [0.29, 0.717) is 0 Å². The van der Waals surface area contributed by atoms with Crippen LogP contribution in [0.1, 0.15) is 27.7 Å². The molecule has 0 saturated heterocycles. The van der Waals surface area contributed by atoms with Crippen LogP contribution in [0.2, 0.25) is 0 Å². The molecule has 4 nitrogen and oxygen atoms in total. The predicted molar refractivity (Wildman–Crippen MR) is 92.0 cm³/mol. The van der Waals surface area contributed by atoms with E-state index in [2.05, 4.69) is 31.8 Å². The summed E-state index contributed by atoms with van der Waals surface area (Å²) in [6.07, 6.45) is 0. The third-order valence-electron chi connectivity index (χ3n) is 3.64. The van der Waals surface area contributed by atoms with Gasteiger partial charge in [0.2, 0.25) is 5.91 Å². The van der Waals surface area contributed by atoms with Crippen LogP contribution in [0.25, 0.3) is 0 Å². The number of rotatable bonds is 6. The zero-order valence-corrected chi connectivity index (χ0v) is 14.4. The van der Waals surface area contributed by atoms with Crippen molar-refractivity contribution in [2.75, 3.05) is 39.8 Å². The van der Waals surface area contributed by atoms with Gasteiger partial charge in [0, 0.05) is 6.92 Å². The number of carbonyl (C=O) groups excluding carboxylic acids is 1. The van der Waals surface area contributed by atoms with Crippen molar-refractivity contribution in [1.29, 1.82) is 0 Å². The molecule has 0 bridgehead atoms. The van der Waals surface area contributed by atoms with Gasteiger partial charge in [0.05, 0.1) is 32.7 Å². The molecule has 21 heavy (non-hydrogen) atoms. The quantitative estimate of drug-likeness (QED) is 0.791. The maximum absolute atomic E-state index is 10.7. The molecular weight excluding hydrogens is 262 g/mol. The third kappa shape index (κ3) is 12.1. The molecule has 0 aliphatic carbocycles. The van der Waals surface area contributed by atoms with Crippen molar-refractivity contribution in [2.45, 2.75) is 27.7 Å². The lowest BCUT2D eigenvalue weighted by Crippen LogP contribution is -2.51. The number of nitrogens with zero attached hydrogens (tertiary/aromatic N) is 1. The summed E-state index contributed by atoms with van der Waals surface area (Å²) in [7, 11) is 1.50. The maximum atomic E-state index is 10.7. The summed E-state index contributed by atoms with van der Waals surface area (Å²) < 4.78 is 1.10. The fourth-order valence-corrected chi connectivity index (χ4v) is 2.00. The Bertz CT molecular complexity index is 289. The first-order valence-electron chi connectivity index (χ1n) is 7.77. The zero-order chi connectivity index (χ0) is 16.6. The zero-order valence-electron chi connectivity index (χ0n) is 14.4. The minimum atomic E-state index is 0.0707. The highest BCUT2D eigenvalue weighted by atomic mass is 16.1. The molecule has 1 amide bonds. The molecule has 1 aromatic carbocycles. The minimum Gasteiger partial charge on any atom is -0.351 e. The Morgan fingerprint density at radius 2 is 1.24 bits per heavy atom. The van der Waals surface area contributed by atoms with Gasteiger partial charge in [-0.1, -0.05) is 36.4 Å². The standard InChI is InChI=1S/C10H22N2O.C6H6.CH5N/c1-5-12(6-2,7-3)9-8-11-10(4)13;1-2-4-6-5-3-1;1-2/h5-9H2,1-4H3;1-6H;2H2,1H3/p+1. The third-order valence-corrected chi connectivity index (χ3v) is 3.64. The molecule has 0 aliphatic rings. The Hall–Kier alpha value is -1.39. The smallest absolute Gasteiger partial charge is 0.217 e. The molecule has 0 saturated carbocycles. The van der Waals surface area contributed by atoms with Crippen molar-refractivity contribution >= 4 is 5.91 Å². The number of amides is 1. The SMILES string of the molecule is CC[N+](CC)(CC)CCNC(C)=O.CN.c1ccccc1. The minimum absolute atomic E-state index is 0.0707. The van der Waals surface area contributed by atoms with E-state index in [1.54, 1.807) is 6.92 Å². The lowest BCUT2D eigenvalue weighted by molar-refractivity contribution is -0.922. The van der Waals surface area contributed by atoms with E-state index in [4.69, 9.17) is 0 Å². The lowest BCUT2D eigenvalue weighted by atomic mass is 10.3. The molecule has 0 aromatic heterocycles. The van der Waals surface area contributed by atoms with E-state index >= 15 is 0 Å². The van der Waals surface area contributed by atoms with Crippen LogP contribution in [0.3, 0.4) is 0 Å². The number of hydrogen-bond acceptors (Lipinski definition) is 2. The van der Waals surface area contributed by atoms with Crippen molar-refractivity contribution in [3.8, 4) is 0 Å². The maximum Gasteiger partial charge on any atom is 0.217 e. The Labute approximate surface area is 130 Å².